The monoisotopic (exact) mass is 250 g/mol. The maximum atomic E-state index is 12.3. The third-order valence-corrected chi connectivity index (χ3v) is 3.98. The fraction of sp³-hybridized carbons (Fsp3) is 0.857. The number of hydrogen-bond acceptors (Lipinski definition) is 3. The molecule has 2 heterocycles. The Labute approximate surface area is 109 Å². The standard InChI is InChI=1S/C14H22N2O2/c1-13(2,3)18-12(17)16-11-5-6-14(16,4)8-10(7-11)9-15/h10-11H,5-8H2,1-4H3. The zero-order chi connectivity index (χ0) is 13.6. The van der Waals surface area contributed by atoms with Crippen molar-refractivity contribution in [3.05, 3.63) is 0 Å². The molecule has 0 radical (unpaired) electrons. The average molecular weight is 250 g/mol. The van der Waals surface area contributed by atoms with Gasteiger partial charge in [-0.05, 0) is 53.4 Å². The topological polar surface area (TPSA) is 53.3 Å². The fourth-order valence-electron chi connectivity index (χ4n) is 3.31. The number of hydrogen-bond donors (Lipinski definition) is 0. The Bertz CT molecular complexity index is 394. The maximum absolute atomic E-state index is 12.3. The molecule has 0 spiro atoms. The van der Waals surface area contributed by atoms with Crippen LogP contribution in [-0.2, 0) is 4.74 Å². The molecule has 18 heavy (non-hydrogen) atoms. The molecule has 0 N–H and O–H groups in total. The molecular formula is C14H22N2O2. The molecule has 4 heteroatoms. The lowest BCUT2D eigenvalue weighted by Crippen LogP contribution is -2.54. The van der Waals surface area contributed by atoms with Crippen molar-refractivity contribution in [1.82, 2.24) is 4.90 Å². The molecule has 4 nitrogen and oxygen atoms in total. The lowest BCUT2D eigenvalue weighted by Gasteiger charge is -2.44. The van der Waals surface area contributed by atoms with Gasteiger partial charge in [0.25, 0.3) is 0 Å². The quantitative estimate of drug-likeness (QED) is 0.664. The number of piperidine rings is 1. The van der Waals surface area contributed by atoms with E-state index < -0.39 is 5.60 Å². The minimum absolute atomic E-state index is 0.0844. The first-order valence-electron chi connectivity index (χ1n) is 6.67. The third-order valence-electron chi connectivity index (χ3n) is 3.98. The summed E-state index contributed by atoms with van der Waals surface area (Å²) in [5, 5.41) is 9.10. The smallest absolute Gasteiger partial charge is 0.410 e. The van der Waals surface area contributed by atoms with E-state index in [1.165, 1.54) is 0 Å². The van der Waals surface area contributed by atoms with Crippen LogP contribution in [0.5, 0.6) is 0 Å². The zero-order valence-electron chi connectivity index (χ0n) is 11.7. The largest absolute Gasteiger partial charge is 0.444 e. The van der Waals surface area contributed by atoms with Crippen molar-refractivity contribution in [3.8, 4) is 6.07 Å². The van der Waals surface area contributed by atoms with Gasteiger partial charge in [-0.3, -0.25) is 4.90 Å². The Balaban J connectivity index is 2.16. The second-order valence-electron chi connectivity index (χ2n) is 6.81. The number of nitriles is 1. The highest BCUT2D eigenvalue weighted by molar-refractivity contribution is 5.70. The van der Waals surface area contributed by atoms with Crippen LogP contribution in [-0.4, -0.2) is 28.2 Å². The molecule has 3 unspecified atom stereocenters. The van der Waals surface area contributed by atoms with Crippen LogP contribution in [0.2, 0.25) is 0 Å². The molecule has 0 aromatic carbocycles. The summed E-state index contributed by atoms with van der Waals surface area (Å²) in [6.45, 7) is 7.74. The number of carbonyl (C=O) groups excluding carboxylic acids is 1. The molecule has 2 aliphatic heterocycles. The van der Waals surface area contributed by atoms with Crippen molar-refractivity contribution in [2.24, 2.45) is 5.92 Å². The van der Waals surface area contributed by atoms with E-state index in [1.807, 2.05) is 25.7 Å². The van der Waals surface area contributed by atoms with Crippen molar-refractivity contribution in [2.75, 3.05) is 0 Å². The first-order chi connectivity index (χ1) is 8.25. The fourth-order valence-corrected chi connectivity index (χ4v) is 3.31. The van der Waals surface area contributed by atoms with E-state index >= 15 is 0 Å². The van der Waals surface area contributed by atoms with E-state index in [-0.39, 0.29) is 23.6 Å². The molecule has 2 bridgehead atoms. The van der Waals surface area contributed by atoms with E-state index in [0.29, 0.717) is 0 Å². The lowest BCUT2D eigenvalue weighted by atomic mass is 9.84. The predicted octanol–water partition coefficient (Wildman–Crippen LogP) is 3.08. The highest BCUT2D eigenvalue weighted by Gasteiger charge is 2.52. The molecule has 0 aromatic rings. The van der Waals surface area contributed by atoms with Crippen LogP contribution in [0.3, 0.4) is 0 Å². The summed E-state index contributed by atoms with van der Waals surface area (Å²) >= 11 is 0. The second kappa shape index (κ2) is 4.15. The third kappa shape index (κ3) is 2.31. The molecule has 0 aliphatic carbocycles. The van der Waals surface area contributed by atoms with Crippen molar-refractivity contribution in [1.29, 1.82) is 5.26 Å². The van der Waals surface area contributed by atoms with E-state index in [0.717, 1.165) is 25.7 Å². The van der Waals surface area contributed by atoms with Gasteiger partial charge in [0.15, 0.2) is 0 Å². The Morgan fingerprint density at radius 3 is 2.67 bits per heavy atom. The van der Waals surface area contributed by atoms with Gasteiger partial charge in [-0.25, -0.2) is 4.79 Å². The predicted molar refractivity (Wildman–Crippen MR) is 67.8 cm³/mol. The maximum Gasteiger partial charge on any atom is 0.410 e. The molecule has 0 aromatic heterocycles. The zero-order valence-corrected chi connectivity index (χ0v) is 11.7. The van der Waals surface area contributed by atoms with Gasteiger partial charge in [-0.2, -0.15) is 5.26 Å². The minimum Gasteiger partial charge on any atom is -0.444 e. The lowest BCUT2D eigenvalue weighted by molar-refractivity contribution is -0.0149. The van der Waals surface area contributed by atoms with Crippen LogP contribution in [0.1, 0.15) is 53.4 Å². The van der Waals surface area contributed by atoms with Gasteiger partial charge in [-0.1, -0.05) is 0 Å². The normalized spacial score (nSPS) is 35.2. The molecule has 2 saturated heterocycles. The Kier molecular flexibility index (Phi) is 3.04. The van der Waals surface area contributed by atoms with Gasteiger partial charge in [0, 0.05) is 11.6 Å². The van der Waals surface area contributed by atoms with Gasteiger partial charge in [0.1, 0.15) is 5.60 Å². The summed E-state index contributed by atoms with van der Waals surface area (Å²) in [6, 6.07) is 2.54. The van der Waals surface area contributed by atoms with Crippen LogP contribution in [0.25, 0.3) is 0 Å². The number of carbonyl (C=O) groups is 1. The molecule has 100 valence electrons. The number of amides is 1. The molecule has 1 amide bonds. The summed E-state index contributed by atoms with van der Waals surface area (Å²) in [4.78, 5) is 14.2. The van der Waals surface area contributed by atoms with Crippen LogP contribution in [0.15, 0.2) is 0 Å². The summed E-state index contributed by atoms with van der Waals surface area (Å²) in [7, 11) is 0. The van der Waals surface area contributed by atoms with Crippen molar-refractivity contribution in [2.45, 2.75) is 70.6 Å². The highest BCUT2D eigenvalue weighted by Crippen LogP contribution is 2.46. The molecule has 2 rings (SSSR count). The van der Waals surface area contributed by atoms with E-state index in [9.17, 15) is 4.79 Å². The number of ether oxygens (including phenoxy) is 1. The van der Waals surface area contributed by atoms with E-state index in [1.54, 1.807) is 0 Å². The summed E-state index contributed by atoms with van der Waals surface area (Å²) in [6.07, 6.45) is 3.33. The molecular weight excluding hydrogens is 228 g/mol. The minimum atomic E-state index is -0.459. The second-order valence-corrected chi connectivity index (χ2v) is 6.81. The Hall–Kier alpha value is -1.24. The molecule has 3 atom stereocenters. The van der Waals surface area contributed by atoms with Gasteiger partial charge in [0.05, 0.1) is 12.0 Å². The summed E-state index contributed by atoms with van der Waals surface area (Å²) in [5.74, 6) is 0.0844. The summed E-state index contributed by atoms with van der Waals surface area (Å²) < 4.78 is 5.50. The van der Waals surface area contributed by atoms with Crippen LogP contribution in [0.4, 0.5) is 4.79 Å². The van der Waals surface area contributed by atoms with Crippen LogP contribution in [0, 0.1) is 17.2 Å². The number of rotatable bonds is 0. The van der Waals surface area contributed by atoms with Gasteiger partial charge in [-0.15, -0.1) is 0 Å². The summed E-state index contributed by atoms with van der Waals surface area (Å²) in [5.41, 5.74) is -0.648. The van der Waals surface area contributed by atoms with Gasteiger partial charge in [0.2, 0.25) is 0 Å². The number of nitrogens with zero attached hydrogens (tertiary/aromatic N) is 2. The highest BCUT2D eigenvalue weighted by atomic mass is 16.6. The van der Waals surface area contributed by atoms with Crippen molar-refractivity contribution < 1.29 is 9.53 Å². The molecule has 2 fully saturated rings. The molecule has 2 aliphatic rings. The van der Waals surface area contributed by atoms with Gasteiger partial charge < -0.3 is 4.74 Å². The van der Waals surface area contributed by atoms with Crippen LogP contribution < -0.4 is 0 Å². The Morgan fingerprint density at radius 1 is 1.50 bits per heavy atom. The molecule has 0 saturated carbocycles. The van der Waals surface area contributed by atoms with Gasteiger partial charge >= 0.3 is 6.09 Å². The van der Waals surface area contributed by atoms with E-state index in [4.69, 9.17) is 10.00 Å². The Morgan fingerprint density at radius 2 is 2.17 bits per heavy atom. The first kappa shape index (κ1) is 13.2. The SMILES string of the molecule is CC(C)(C)OC(=O)N1C2CCC1(C)CC(C#N)C2. The average Bonchev–Trinajstić information content (AvgIpc) is 2.43. The van der Waals surface area contributed by atoms with Crippen LogP contribution >= 0.6 is 0 Å². The van der Waals surface area contributed by atoms with E-state index in [2.05, 4.69) is 13.0 Å². The first-order valence-corrected chi connectivity index (χ1v) is 6.67. The van der Waals surface area contributed by atoms with Crippen molar-refractivity contribution in [3.63, 3.8) is 0 Å². The van der Waals surface area contributed by atoms with Crippen molar-refractivity contribution >= 4 is 6.09 Å². The number of fused-ring (bicyclic) bond motifs is 2.